The molecular weight excluding hydrogens is 278 g/mol. The highest BCUT2D eigenvalue weighted by Crippen LogP contribution is 2.20. The van der Waals surface area contributed by atoms with E-state index in [0.717, 1.165) is 32.1 Å². The molecule has 1 aliphatic carbocycles. The minimum Gasteiger partial charge on any atom is -0.353 e. The Labute approximate surface area is 134 Å². The second-order valence-corrected chi connectivity index (χ2v) is 6.86. The molecule has 126 valence electrons. The van der Waals surface area contributed by atoms with Gasteiger partial charge in [0.2, 0.25) is 5.91 Å². The molecule has 2 N–H and O–H groups in total. The van der Waals surface area contributed by atoms with E-state index in [-0.39, 0.29) is 23.9 Å². The first-order chi connectivity index (χ1) is 10.6. The first kappa shape index (κ1) is 17.1. The van der Waals surface area contributed by atoms with E-state index in [0.29, 0.717) is 19.1 Å². The molecule has 0 aromatic carbocycles. The molecule has 1 heterocycles. The van der Waals surface area contributed by atoms with Crippen LogP contribution in [0.4, 0.5) is 4.79 Å². The van der Waals surface area contributed by atoms with Crippen LogP contribution in [0.1, 0.15) is 65.2 Å². The lowest BCUT2D eigenvalue weighted by Crippen LogP contribution is -2.50. The van der Waals surface area contributed by atoms with Gasteiger partial charge in [0.1, 0.15) is 0 Å². The highest BCUT2D eigenvalue weighted by Gasteiger charge is 2.28. The van der Waals surface area contributed by atoms with Gasteiger partial charge in [-0.1, -0.05) is 26.2 Å². The van der Waals surface area contributed by atoms with Crippen LogP contribution in [0, 0.1) is 5.92 Å². The van der Waals surface area contributed by atoms with E-state index in [4.69, 9.17) is 0 Å². The lowest BCUT2D eigenvalue weighted by Gasteiger charge is -2.33. The molecule has 1 atom stereocenters. The number of hydrogen-bond donors (Lipinski definition) is 2. The van der Waals surface area contributed by atoms with Crippen molar-refractivity contribution in [1.82, 2.24) is 15.5 Å². The summed E-state index contributed by atoms with van der Waals surface area (Å²) in [6.45, 7) is 5.49. The molecule has 0 aromatic heterocycles. The maximum absolute atomic E-state index is 12.3. The average molecular weight is 309 g/mol. The number of carbonyl (C=O) groups excluding carboxylic acids is 2. The molecule has 1 saturated heterocycles. The topological polar surface area (TPSA) is 61.4 Å². The highest BCUT2D eigenvalue weighted by molar-refractivity contribution is 5.80. The summed E-state index contributed by atoms with van der Waals surface area (Å²) >= 11 is 0. The molecule has 0 radical (unpaired) electrons. The van der Waals surface area contributed by atoms with Gasteiger partial charge in [0.05, 0.1) is 0 Å². The average Bonchev–Trinajstić information content (AvgIpc) is 2.55. The lowest BCUT2D eigenvalue weighted by molar-refractivity contribution is -0.126. The number of piperidine rings is 1. The standard InChI is InChI=1S/C17H31N3O2/c1-3-13(2)18-16(21)14-9-11-20(12-10-14)17(22)19-15-7-5-4-6-8-15/h13-15H,3-12H2,1-2H3,(H,18,21)(H,19,22). The number of rotatable bonds is 4. The summed E-state index contributed by atoms with van der Waals surface area (Å²) in [5.41, 5.74) is 0. The van der Waals surface area contributed by atoms with E-state index in [1.54, 1.807) is 0 Å². The van der Waals surface area contributed by atoms with Crippen molar-refractivity contribution in [2.45, 2.75) is 77.3 Å². The van der Waals surface area contributed by atoms with Crippen molar-refractivity contribution < 1.29 is 9.59 Å². The van der Waals surface area contributed by atoms with Crippen LogP contribution in [0.3, 0.4) is 0 Å². The fourth-order valence-electron chi connectivity index (χ4n) is 3.32. The van der Waals surface area contributed by atoms with Crippen LogP contribution in [0.5, 0.6) is 0 Å². The molecule has 1 aliphatic heterocycles. The molecule has 22 heavy (non-hydrogen) atoms. The molecule has 5 nitrogen and oxygen atoms in total. The molecule has 2 rings (SSSR count). The minimum absolute atomic E-state index is 0.0627. The smallest absolute Gasteiger partial charge is 0.317 e. The van der Waals surface area contributed by atoms with E-state index < -0.39 is 0 Å². The van der Waals surface area contributed by atoms with E-state index in [1.807, 2.05) is 11.8 Å². The van der Waals surface area contributed by atoms with Crippen molar-refractivity contribution >= 4 is 11.9 Å². The number of carbonyl (C=O) groups is 2. The largest absolute Gasteiger partial charge is 0.353 e. The minimum atomic E-state index is 0.0627. The quantitative estimate of drug-likeness (QED) is 0.838. The maximum atomic E-state index is 12.3. The third-order valence-corrected chi connectivity index (χ3v) is 5.09. The van der Waals surface area contributed by atoms with Crippen molar-refractivity contribution in [2.24, 2.45) is 5.92 Å². The van der Waals surface area contributed by atoms with Gasteiger partial charge >= 0.3 is 6.03 Å². The molecule has 0 aromatic rings. The van der Waals surface area contributed by atoms with Gasteiger partial charge < -0.3 is 15.5 Å². The van der Waals surface area contributed by atoms with Crippen molar-refractivity contribution in [3.8, 4) is 0 Å². The zero-order chi connectivity index (χ0) is 15.9. The van der Waals surface area contributed by atoms with Crippen molar-refractivity contribution in [3.63, 3.8) is 0 Å². The SMILES string of the molecule is CCC(C)NC(=O)C1CCN(C(=O)NC2CCCCC2)CC1. The van der Waals surface area contributed by atoms with Gasteiger partial charge in [-0.25, -0.2) is 4.79 Å². The molecule has 2 aliphatic rings. The maximum Gasteiger partial charge on any atom is 0.317 e. The van der Waals surface area contributed by atoms with E-state index >= 15 is 0 Å². The van der Waals surface area contributed by atoms with E-state index in [2.05, 4.69) is 17.6 Å². The third-order valence-electron chi connectivity index (χ3n) is 5.09. The Hall–Kier alpha value is -1.26. The summed E-state index contributed by atoms with van der Waals surface area (Å²) in [5.74, 6) is 0.217. The number of hydrogen-bond acceptors (Lipinski definition) is 2. The second-order valence-electron chi connectivity index (χ2n) is 6.86. The zero-order valence-corrected chi connectivity index (χ0v) is 14.1. The summed E-state index contributed by atoms with van der Waals surface area (Å²) < 4.78 is 0. The Morgan fingerprint density at radius 1 is 1.09 bits per heavy atom. The van der Waals surface area contributed by atoms with E-state index in [9.17, 15) is 9.59 Å². The summed E-state index contributed by atoms with van der Waals surface area (Å²) in [6, 6.07) is 0.653. The van der Waals surface area contributed by atoms with Crippen LogP contribution in [-0.2, 0) is 4.79 Å². The normalized spacial score (nSPS) is 22.2. The summed E-state index contributed by atoms with van der Waals surface area (Å²) in [7, 11) is 0. The van der Waals surface area contributed by atoms with Crippen LogP contribution in [0.15, 0.2) is 0 Å². The second kappa shape index (κ2) is 8.39. The van der Waals surface area contributed by atoms with Crippen LogP contribution < -0.4 is 10.6 Å². The molecular formula is C17H31N3O2. The lowest BCUT2D eigenvalue weighted by atomic mass is 9.95. The van der Waals surface area contributed by atoms with E-state index in [1.165, 1.54) is 19.3 Å². The van der Waals surface area contributed by atoms with Crippen molar-refractivity contribution in [1.29, 1.82) is 0 Å². The van der Waals surface area contributed by atoms with Crippen LogP contribution in [0.25, 0.3) is 0 Å². The molecule has 2 fully saturated rings. The van der Waals surface area contributed by atoms with Gasteiger partial charge in [-0.05, 0) is 39.0 Å². The highest BCUT2D eigenvalue weighted by atomic mass is 16.2. The number of likely N-dealkylation sites (tertiary alicyclic amines) is 1. The van der Waals surface area contributed by atoms with Crippen LogP contribution in [-0.4, -0.2) is 42.0 Å². The number of nitrogens with zero attached hydrogens (tertiary/aromatic N) is 1. The number of amides is 3. The molecule has 0 bridgehead atoms. The number of nitrogens with one attached hydrogen (secondary N) is 2. The molecule has 5 heteroatoms. The Morgan fingerprint density at radius 2 is 1.73 bits per heavy atom. The van der Waals surface area contributed by atoms with Gasteiger partial charge in [0, 0.05) is 31.1 Å². The Morgan fingerprint density at radius 3 is 2.32 bits per heavy atom. The zero-order valence-electron chi connectivity index (χ0n) is 14.1. The predicted molar refractivity (Wildman–Crippen MR) is 87.6 cm³/mol. The summed E-state index contributed by atoms with van der Waals surface area (Å²) in [5, 5.41) is 6.21. The van der Waals surface area contributed by atoms with Gasteiger partial charge in [0.15, 0.2) is 0 Å². The van der Waals surface area contributed by atoms with Gasteiger partial charge in [-0.3, -0.25) is 4.79 Å². The summed E-state index contributed by atoms with van der Waals surface area (Å²) in [6.07, 6.45) is 8.47. The fraction of sp³-hybridized carbons (Fsp3) is 0.882. The third kappa shape index (κ3) is 4.89. The Balaban J connectivity index is 1.71. The first-order valence-corrected chi connectivity index (χ1v) is 8.96. The summed E-state index contributed by atoms with van der Waals surface area (Å²) in [4.78, 5) is 26.3. The monoisotopic (exact) mass is 309 g/mol. The van der Waals surface area contributed by atoms with Crippen LogP contribution >= 0.6 is 0 Å². The van der Waals surface area contributed by atoms with Gasteiger partial charge in [-0.15, -0.1) is 0 Å². The molecule has 3 amide bonds. The Kier molecular flexibility index (Phi) is 6.52. The Bertz CT molecular complexity index is 372. The molecule has 0 spiro atoms. The van der Waals surface area contributed by atoms with Gasteiger partial charge in [0.25, 0.3) is 0 Å². The molecule has 1 saturated carbocycles. The van der Waals surface area contributed by atoms with Crippen molar-refractivity contribution in [2.75, 3.05) is 13.1 Å². The van der Waals surface area contributed by atoms with Crippen LogP contribution in [0.2, 0.25) is 0 Å². The van der Waals surface area contributed by atoms with Gasteiger partial charge in [-0.2, -0.15) is 0 Å². The fourth-order valence-corrected chi connectivity index (χ4v) is 3.32. The van der Waals surface area contributed by atoms with Crippen molar-refractivity contribution in [3.05, 3.63) is 0 Å². The predicted octanol–water partition coefficient (Wildman–Crippen LogP) is 2.66. The molecule has 1 unspecified atom stereocenters. The first-order valence-electron chi connectivity index (χ1n) is 8.96. The number of urea groups is 1.